The van der Waals surface area contributed by atoms with Gasteiger partial charge in [-0.2, -0.15) is 0 Å². The minimum absolute atomic E-state index is 0.109. The number of hydrogen-bond acceptors (Lipinski definition) is 3. The van der Waals surface area contributed by atoms with Crippen LogP contribution in [0.3, 0.4) is 0 Å². The van der Waals surface area contributed by atoms with Gasteiger partial charge >= 0.3 is 0 Å². The molecule has 0 N–H and O–H groups in total. The molecule has 1 fully saturated rings. The average molecular weight is 337 g/mol. The minimum Gasteiger partial charge on any atom is -0.480 e. The van der Waals surface area contributed by atoms with Gasteiger partial charge < -0.3 is 14.4 Å². The van der Waals surface area contributed by atoms with E-state index in [0.29, 0.717) is 13.0 Å². The van der Waals surface area contributed by atoms with Crippen LogP contribution in [0, 0.1) is 0 Å². The molecule has 2 heterocycles. The number of ether oxygens (including phenoxy) is 2. The van der Waals surface area contributed by atoms with Crippen LogP contribution in [-0.2, 0) is 22.6 Å². The predicted octanol–water partition coefficient (Wildman–Crippen LogP) is 3.20. The fourth-order valence-corrected chi connectivity index (χ4v) is 3.55. The van der Waals surface area contributed by atoms with Crippen molar-refractivity contribution in [3.63, 3.8) is 0 Å². The predicted molar refractivity (Wildman–Crippen MR) is 95.4 cm³/mol. The molecule has 0 radical (unpaired) electrons. The number of hydrogen-bond donors (Lipinski definition) is 0. The van der Waals surface area contributed by atoms with Gasteiger partial charge in [0, 0.05) is 19.5 Å². The van der Waals surface area contributed by atoms with E-state index in [-0.39, 0.29) is 18.1 Å². The molecule has 4 heteroatoms. The van der Waals surface area contributed by atoms with Crippen LogP contribution >= 0.6 is 0 Å². The van der Waals surface area contributed by atoms with Gasteiger partial charge in [-0.1, -0.05) is 48.5 Å². The molecule has 1 amide bonds. The Bertz CT molecular complexity index is 698. The van der Waals surface area contributed by atoms with Crippen LogP contribution < -0.4 is 4.74 Å². The van der Waals surface area contributed by atoms with Crippen molar-refractivity contribution >= 4 is 5.91 Å². The molecule has 0 aromatic heterocycles. The molecular weight excluding hydrogens is 314 g/mol. The van der Waals surface area contributed by atoms with E-state index in [0.717, 1.165) is 37.2 Å². The summed E-state index contributed by atoms with van der Waals surface area (Å²) in [5.74, 6) is 0.958. The molecule has 2 aromatic rings. The lowest BCUT2D eigenvalue weighted by molar-refractivity contribution is -0.140. The van der Waals surface area contributed by atoms with Crippen LogP contribution in [0.5, 0.6) is 5.75 Å². The number of amides is 1. The fourth-order valence-electron chi connectivity index (χ4n) is 3.55. The Kier molecular flexibility index (Phi) is 4.70. The molecule has 0 spiro atoms. The lowest BCUT2D eigenvalue weighted by atomic mass is 10.1. The summed E-state index contributed by atoms with van der Waals surface area (Å²) < 4.78 is 11.8. The number of piperidine rings is 1. The molecule has 130 valence electrons. The van der Waals surface area contributed by atoms with E-state index < -0.39 is 0 Å². The molecule has 2 aliphatic heterocycles. The first-order chi connectivity index (χ1) is 12.3. The Hall–Kier alpha value is -2.33. The summed E-state index contributed by atoms with van der Waals surface area (Å²) in [6, 6.07) is 18.1. The van der Waals surface area contributed by atoms with Gasteiger partial charge in [0.25, 0.3) is 5.91 Å². The molecule has 0 unspecified atom stereocenters. The lowest BCUT2D eigenvalue weighted by Gasteiger charge is -2.33. The van der Waals surface area contributed by atoms with Gasteiger partial charge in [-0.25, -0.2) is 0 Å². The van der Waals surface area contributed by atoms with Crippen molar-refractivity contribution in [2.75, 3.05) is 13.1 Å². The molecule has 0 bridgehead atoms. The molecule has 0 saturated carbocycles. The summed E-state index contributed by atoms with van der Waals surface area (Å²) in [5, 5.41) is 0. The number of benzene rings is 2. The van der Waals surface area contributed by atoms with Crippen molar-refractivity contribution in [1.82, 2.24) is 4.90 Å². The highest BCUT2D eigenvalue weighted by molar-refractivity contribution is 5.82. The number of fused-ring (bicyclic) bond motifs is 1. The third kappa shape index (κ3) is 3.69. The minimum atomic E-state index is -0.362. The van der Waals surface area contributed by atoms with E-state index in [1.165, 1.54) is 5.56 Å². The maximum Gasteiger partial charge on any atom is 0.263 e. The molecule has 4 nitrogen and oxygen atoms in total. The normalized spacial score (nSPS) is 20.2. The highest BCUT2D eigenvalue weighted by atomic mass is 16.5. The van der Waals surface area contributed by atoms with Gasteiger partial charge in [0.1, 0.15) is 5.75 Å². The molecule has 1 atom stereocenters. The summed E-state index contributed by atoms with van der Waals surface area (Å²) in [5.41, 5.74) is 2.32. The smallest absolute Gasteiger partial charge is 0.263 e. The summed E-state index contributed by atoms with van der Waals surface area (Å²) >= 11 is 0. The Morgan fingerprint density at radius 3 is 2.52 bits per heavy atom. The number of carbonyl (C=O) groups excluding carboxylic acids is 1. The quantitative estimate of drug-likeness (QED) is 0.860. The van der Waals surface area contributed by atoms with Crippen molar-refractivity contribution in [2.45, 2.75) is 38.1 Å². The van der Waals surface area contributed by atoms with Crippen LogP contribution in [0.2, 0.25) is 0 Å². The largest absolute Gasteiger partial charge is 0.480 e. The summed E-state index contributed by atoms with van der Waals surface area (Å²) in [6.45, 7) is 2.13. The summed E-state index contributed by atoms with van der Waals surface area (Å²) in [6.07, 6.45) is 2.32. The van der Waals surface area contributed by atoms with E-state index in [4.69, 9.17) is 9.47 Å². The Balaban J connectivity index is 1.25. The van der Waals surface area contributed by atoms with Crippen LogP contribution in [0.1, 0.15) is 24.0 Å². The van der Waals surface area contributed by atoms with Gasteiger partial charge in [0.15, 0.2) is 6.10 Å². The van der Waals surface area contributed by atoms with E-state index in [9.17, 15) is 4.79 Å². The molecule has 25 heavy (non-hydrogen) atoms. The van der Waals surface area contributed by atoms with Gasteiger partial charge in [0.05, 0.1) is 12.7 Å². The van der Waals surface area contributed by atoms with E-state index >= 15 is 0 Å². The van der Waals surface area contributed by atoms with E-state index in [1.54, 1.807) is 0 Å². The second kappa shape index (κ2) is 7.28. The van der Waals surface area contributed by atoms with Gasteiger partial charge in [0.2, 0.25) is 0 Å². The first-order valence-electron chi connectivity index (χ1n) is 8.98. The van der Waals surface area contributed by atoms with Crippen molar-refractivity contribution in [3.05, 3.63) is 65.7 Å². The Labute approximate surface area is 148 Å². The summed E-state index contributed by atoms with van der Waals surface area (Å²) in [7, 11) is 0. The molecule has 0 aliphatic carbocycles. The Morgan fingerprint density at radius 1 is 1.04 bits per heavy atom. The maximum atomic E-state index is 12.7. The van der Waals surface area contributed by atoms with Gasteiger partial charge in [-0.05, 0) is 30.0 Å². The van der Waals surface area contributed by atoms with Gasteiger partial charge in [-0.15, -0.1) is 0 Å². The van der Waals surface area contributed by atoms with Crippen molar-refractivity contribution in [3.8, 4) is 5.75 Å². The topological polar surface area (TPSA) is 38.8 Å². The zero-order chi connectivity index (χ0) is 17.1. The third-order valence-corrected chi connectivity index (χ3v) is 5.00. The van der Waals surface area contributed by atoms with E-state index in [2.05, 4.69) is 12.1 Å². The van der Waals surface area contributed by atoms with Crippen LogP contribution in [0.25, 0.3) is 0 Å². The number of nitrogens with zero attached hydrogens (tertiary/aromatic N) is 1. The summed E-state index contributed by atoms with van der Waals surface area (Å²) in [4.78, 5) is 14.6. The fraction of sp³-hybridized carbons (Fsp3) is 0.381. The highest BCUT2D eigenvalue weighted by Crippen LogP contribution is 2.29. The first-order valence-corrected chi connectivity index (χ1v) is 8.98. The first kappa shape index (κ1) is 16.2. The number of carbonyl (C=O) groups is 1. The van der Waals surface area contributed by atoms with Crippen LogP contribution in [0.4, 0.5) is 0 Å². The standard InChI is InChI=1S/C21H23NO3/c23-21(20-14-17-8-4-5-9-19(17)25-20)22-12-10-18(11-13-22)24-15-16-6-2-1-3-7-16/h1-9,18,20H,10-15H2/t20-/m0/s1. The molecular formula is C21H23NO3. The monoisotopic (exact) mass is 337 g/mol. The number of rotatable bonds is 4. The van der Waals surface area contributed by atoms with Crippen LogP contribution in [0.15, 0.2) is 54.6 Å². The lowest BCUT2D eigenvalue weighted by Crippen LogP contribution is -2.46. The second-order valence-corrected chi connectivity index (χ2v) is 6.74. The highest BCUT2D eigenvalue weighted by Gasteiger charge is 2.34. The zero-order valence-corrected chi connectivity index (χ0v) is 14.3. The van der Waals surface area contributed by atoms with Crippen molar-refractivity contribution in [1.29, 1.82) is 0 Å². The second-order valence-electron chi connectivity index (χ2n) is 6.74. The number of likely N-dealkylation sites (tertiary alicyclic amines) is 1. The third-order valence-electron chi connectivity index (χ3n) is 5.00. The van der Waals surface area contributed by atoms with E-state index in [1.807, 2.05) is 47.4 Å². The zero-order valence-electron chi connectivity index (χ0n) is 14.3. The SMILES string of the molecule is O=C([C@@H]1Cc2ccccc2O1)N1CCC(OCc2ccccc2)CC1. The average Bonchev–Trinajstić information content (AvgIpc) is 3.11. The number of para-hydroxylation sites is 1. The molecule has 4 rings (SSSR count). The molecule has 2 aliphatic rings. The van der Waals surface area contributed by atoms with Crippen molar-refractivity contribution < 1.29 is 14.3 Å². The Morgan fingerprint density at radius 2 is 1.76 bits per heavy atom. The molecule has 1 saturated heterocycles. The van der Waals surface area contributed by atoms with Crippen molar-refractivity contribution in [2.24, 2.45) is 0 Å². The molecule has 2 aromatic carbocycles. The maximum absolute atomic E-state index is 12.7. The van der Waals surface area contributed by atoms with Crippen LogP contribution in [-0.4, -0.2) is 36.1 Å². The van der Waals surface area contributed by atoms with Gasteiger partial charge in [-0.3, -0.25) is 4.79 Å².